The van der Waals surface area contributed by atoms with Crippen LogP contribution in [0.15, 0.2) is 60.2 Å². The molecule has 1 unspecified atom stereocenters. The van der Waals surface area contributed by atoms with E-state index in [1.54, 1.807) is 4.68 Å². The van der Waals surface area contributed by atoms with Crippen molar-refractivity contribution in [3.05, 3.63) is 65.7 Å². The fourth-order valence-corrected chi connectivity index (χ4v) is 2.44. The second-order valence-electron chi connectivity index (χ2n) is 5.19. The molecular weight excluding hydrogens is 262 g/mol. The van der Waals surface area contributed by atoms with Crippen LogP contribution < -0.4 is 0 Å². The van der Waals surface area contributed by atoms with E-state index in [0.29, 0.717) is 0 Å². The van der Waals surface area contributed by atoms with Crippen LogP contribution in [-0.4, -0.2) is 20.1 Å². The molecule has 2 aromatic carbocycles. The van der Waals surface area contributed by atoms with Crippen LogP contribution >= 0.6 is 0 Å². The van der Waals surface area contributed by atoms with Crippen LogP contribution in [0.1, 0.15) is 25.5 Å². The summed E-state index contributed by atoms with van der Waals surface area (Å²) >= 11 is 0. The third kappa shape index (κ3) is 2.45. The Bertz CT molecular complexity index is 786. The van der Waals surface area contributed by atoms with Gasteiger partial charge in [-0.25, -0.2) is 4.68 Å². The van der Waals surface area contributed by atoms with E-state index < -0.39 is 6.10 Å². The highest BCUT2D eigenvalue weighted by molar-refractivity contribution is 5.78. The van der Waals surface area contributed by atoms with E-state index in [4.69, 9.17) is 0 Å². The molecule has 0 saturated heterocycles. The maximum Gasteiger partial charge on any atom is 0.121 e. The standard InChI is InChI=1S/C17H17N3O/c1-12(2)16(17(21)13-8-4-3-5-9-13)20-15-11-7-6-10-14(15)18-19-20/h3-11,17,21H,1-2H3. The Morgan fingerprint density at radius 3 is 2.38 bits per heavy atom. The van der Waals surface area contributed by atoms with E-state index in [1.165, 1.54) is 0 Å². The molecule has 1 aromatic heterocycles. The van der Waals surface area contributed by atoms with E-state index in [9.17, 15) is 5.11 Å². The summed E-state index contributed by atoms with van der Waals surface area (Å²) in [5.41, 5.74) is 4.30. The van der Waals surface area contributed by atoms with Gasteiger partial charge < -0.3 is 5.11 Å². The molecule has 0 aliphatic rings. The van der Waals surface area contributed by atoms with Gasteiger partial charge in [-0.3, -0.25) is 0 Å². The summed E-state index contributed by atoms with van der Waals surface area (Å²) in [4.78, 5) is 0. The van der Waals surface area contributed by atoms with Crippen LogP contribution in [0.5, 0.6) is 0 Å². The average Bonchev–Trinajstić information content (AvgIpc) is 2.92. The van der Waals surface area contributed by atoms with Crippen molar-refractivity contribution in [2.24, 2.45) is 0 Å². The number of para-hydroxylation sites is 1. The van der Waals surface area contributed by atoms with Gasteiger partial charge in [0, 0.05) is 0 Å². The summed E-state index contributed by atoms with van der Waals surface area (Å²) in [5.74, 6) is 0. The van der Waals surface area contributed by atoms with Gasteiger partial charge in [-0.2, -0.15) is 0 Å². The zero-order valence-electron chi connectivity index (χ0n) is 12.1. The lowest BCUT2D eigenvalue weighted by molar-refractivity contribution is 0.229. The zero-order valence-corrected chi connectivity index (χ0v) is 12.1. The Kier molecular flexibility index (Phi) is 3.54. The molecule has 106 valence electrons. The van der Waals surface area contributed by atoms with E-state index in [-0.39, 0.29) is 0 Å². The SMILES string of the molecule is CC(C)=C(C(O)c1ccccc1)n1nnc2ccccc21. The minimum atomic E-state index is -0.735. The summed E-state index contributed by atoms with van der Waals surface area (Å²) in [6.45, 7) is 3.94. The number of hydrogen-bond acceptors (Lipinski definition) is 3. The van der Waals surface area contributed by atoms with Crippen molar-refractivity contribution in [2.75, 3.05) is 0 Å². The van der Waals surface area contributed by atoms with Gasteiger partial charge in [-0.05, 0) is 31.5 Å². The number of aliphatic hydroxyl groups excluding tert-OH is 1. The Balaban J connectivity index is 2.14. The molecule has 4 heteroatoms. The molecule has 0 fully saturated rings. The van der Waals surface area contributed by atoms with Gasteiger partial charge in [-0.15, -0.1) is 5.10 Å². The molecule has 0 aliphatic heterocycles. The Hall–Kier alpha value is -2.46. The first-order chi connectivity index (χ1) is 10.2. The Morgan fingerprint density at radius 2 is 1.67 bits per heavy atom. The highest BCUT2D eigenvalue weighted by Gasteiger charge is 2.19. The average molecular weight is 279 g/mol. The second-order valence-corrected chi connectivity index (χ2v) is 5.19. The van der Waals surface area contributed by atoms with Crippen LogP contribution in [0.2, 0.25) is 0 Å². The monoisotopic (exact) mass is 279 g/mol. The third-order valence-corrected chi connectivity index (χ3v) is 3.47. The van der Waals surface area contributed by atoms with Crippen molar-refractivity contribution >= 4 is 16.7 Å². The number of allylic oxidation sites excluding steroid dienone is 1. The fourth-order valence-electron chi connectivity index (χ4n) is 2.44. The third-order valence-electron chi connectivity index (χ3n) is 3.47. The molecule has 0 bridgehead atoms. The number of aromatic nitrogens is 3. The number of hydrogen-bond donors (Lipinski definition) is 1. The number of benzene rings is 2. The van der Waals surface area contributed by atoms with Crippen LogP contribution in [-0.2, 0) is 0 Å². The predicted molar refractivity (Wildman–Crippen MR) is 83.5 cm³/mol. The number of nitrogens with zero attached hydrogens (tertiary/aromatic N) is 3. The fraction of sp³-hybridized carbons (Fsp3) is 0.176. The minimum Gasteiger partial charge on any atom is -0.382 e. The van der Waals surface area contributed by atoms with Gasteiger partial charge in [0.05, 0.1) is 11.2 Å². The molecule has 0 aliphatic carbocycles. The molecule has 0 spiro atoms. The van der Waals surface area contributed by atoms with E-state index in [1.807, 2.05) is 68.4 Å². The topological polar surface area (TPSA) is 50.9 Å². The number of aliphatic hydroxyl groups is 1. The lowest BCUT2D eigenvalue weighted by atomic mass is 10.0. The van der Waals surface area contributed by atoms with Crippen LogP contribution in [0.4, 0.5) is 0 Å². The molecule has 1 atom stereocenters. The molecular formula is C17H17N3O. The second kappa shape index (κ2) is 5.50. The van der Waals surface area contributed by atoms with Crippen molar-refractivity contribution in [2.45, 2.75) is 20.0 Å². The van der Waals surface area contributed by atoms with Gasteiger partial charge in [0.1, 0.15) is 11.6 Å². The van der Waals surface area contributed by atoms with E-state index in [2.05, 4.69) is 10.3 Å². The molecule has 3 rings (SSSR count). The minimum absolute atomic E-state index is 0.735. The van der Waals surface area contributed by atoms with Crippen molar-refractivity contribution in [1.29, 1.82) is 0 Å². The van der Waals surface area contributed by atoms with Gasteiger partial charge in [0.15, 0.2) is 0 Å². The van der Waals surface area contributed by atoms with Gasteiger partial charge in [-0.1, -0.05) is 53.3 Å². The number of rotatable bonds is 3. The summed E-state index contributed by atoms with van der Waals surface area (Å²) in [6, 6.07) is 17.3. The van der Waals surface area contributed by atoms with Crippen LogP contribution in [0.25, 0.3) is 16.7 Å². The molecule has 1 N–H and O–H groups in total. The van der Waals surface area contributed by atoms with E-state index in [0.717, 1.165) is 27.9 Å². The molecule has 0 amide bonds. The maximum absolute atomic E-state index is 10.7. The van der Waals surface area contributed by atoms with Crippen molar-refractivity contribution < 1.29 is 5.11 Å². The quantitative estimate of drug-likeness (QED) is 0.799. The van der Waals surface area contributed by atoms with Crippen LogP contribution in [0.3, 0.4) is 0 Å². The molecule has 0 saturated carbocycles. The highest BCUT2D eigenvalue weighted by atomic mass is 16.3. The zero-order chi connectivity index (χ0) is 14.8. The van der Waals surface area contributed by atoms with Gasteiger partial charge >= 0.3 is 0 Å². The van der Waals surface area contributed by atoms with E-state index >= 15 is 0 Å². The molecule has 3 aromatic rings. The van der Waals surface area contributed by atoms with Gasteiger partial charge in [0.2, 0.25) is 0 Å². The molecule has 4 nitrogen and oxygen atoms in total. The number of fused-ring (bicyclic) bond motifs is 1. The van der Waals surface area contributed by atoms with Crippen molar-refractivity contribution in [3.63, 3.8) is 0 Å². The maximum atomic E-state index is 10.7. The first-order valence-corrected chi connectivity index (χ1v) is 6.89. The largest absolute Gasteiger partial charge is 0.382 e. The first kappa shape index (κ1) is 13.5. The van der Waals surface area contributed by atoms with Crippen molar-refractivity contribution in [3.8, 4) is 0 Å². The summed E-state index contributed by atoms with van der Waals surface area (Å²) in [5, 5.41) is 19.1. The van der Waals surface area contributed by atoms with Crippen molar-refractivity contribution in [1.82, 2.24) is 15.0 Å². The van der Waals surface area contributed by atoms with Crippen LogP contribution in [0, 0.1) is 0 Å². The first-order valence-electron chi connectivity index (χ1n) is 6.89. The lowest BCUT2D eigenvalue weighted by Gasteiger charge is -2.17. The summed E-state index contributed by atoms with van der Waals surface area (Å²) < 4.78 is 1.72. The molecule has 0 radical (unpaired) electrons. The smallest absolute Gasteiger partial charge is 0.121 e. The van der Waals surface area contributed by atoms with Gasteiger partial charge in [0.25, 0.3) is 0 Å². The highest BCUT2D eigenvalue weighted by Crippen LogP contribution is 2.29. The lowest BCUT2D eigenvalue weighted by Crippen LogP contribution is -2.11. The molecule has 1 heterocycles. The Morgan fingerprint density at radius 1 is 1.00 bits per heavy atom. The normalized spacial score (nSPS) is 12.3. The summed E-state index contributed by atoms with van der Waals surface area (Å²) in [7, 11) is 0. The Labute approximate surface area is 123 Å². The summed E-state index contributed by atoms with van der Waals surface area (Å²) in [6.07, 6.45) is -0.735. The molecule has 21 heavy (non-hydrogen) atoms. The predicted octanol–water partition coefficient (Wildman–Crippen LogP) is 3.42.